The smallest absolute Gasteiger partial charge is 0.238 e. The lowest BCUT2D eigenvalue weighted by molar-refractivity contribution is 0.953. The van der Waals surface area contributed by atoms with Gasteiger partial charge in [0.2, 0.25) is 5.95 Å². The third-order valence-electron chi connectivity index (χ3n) is 15.6. The number of benzene rings is 11. The molecule has 11 heteroatoms. The zero-order chi connectivity index (χ0) is 55.4. The van der Waals surface area contributed by atoms with Crippen molar-refractivity contribution in [1.82, 2.24) is 39.0 Å². The summed E-state index contributed by atoms with van der Waals surface area (Å²) in [6.07, 6.45) is 4.49. The maximum Gasteiger partial charge on any atom is 0.238 e. The van der Waals surface area contributed by atoms with Crippen molar-refractivity contribution in [2.45, 2.75) is 0 Å². The van der Waals surface area contributed by atoms with E-state index in [0.717, 1.165) is 105 Å². The first-order valence-electron chi connectivity index (χ1n) is 27.3. The van der Waals surface area contributed by atoms with Gasteiger partial charge in [-0.15, -0.1) is 0 Å². The zero-order valence-corrected chi connectivity index (χ0v) is 44.9. The van der Waals surface area contributed by atoms with Crippen molar-refractivity contribution >= 4 is 84.0 Å². The van der Waals surface area contributed by atoms with Crippen LogP contribution in [0.1, 0.15) is 5.56 Å². The Bertz CT molecular complexity index is 5050. The first-order chi connectivity index (χ1) is 41.0. The average Bonchev–Trinajstić information content (AvgIpc) is 4.31. The average molecular weight is 1070 g/mol. The number of hydrogen-bond acceptors (Lipinski definition) is 7. The number of fused-ring (bicyclic) bond motifs is 8. The highest BCUT2D eigenvalue weighted by Gasteiger charge is 2.22. The maximum absolute atomic E-state index is 5.27. The van der Waals surface area contributed by atoms with E-state index in [1.165, 1.54) is 40.5 Å². The third kappa shape index (κ3) is 8.59. The fourth-order valence-electron chi connectivity index (χ4n) is 11.8. The summed E-state index contributed by atoms with van der Waals surface area (Å²) in [6.45, 7) is 3.89. The molecule has 0 atom stereocenters. The summed E-state index contributed by atoms with van der Waals surface area (Å²) >= 11 is 0. The van der Waals surface area contributed by atoms with Gasteiger partial charge in [-0.25, -0.2) is 29.9 Å². The van der Waals surface area contributed by atoms with Crippen molar-refractivity contribution in [3.8, 4) is 79.2 Å². The van der Waals surface area contributed by atoms with E-state index in [9.17, 15) is 0 Å². The Morgan fingerprint density at radius 2 is 0.867 bits per heavy atom. The van der Waals surface area contributed by atoms with Crippen LogP contribution in [0.25, 0.3) is 144 Å². The molecule has 390 valence electrons. The lowest BCUT2D eigenvalue weighted by Crippen LogP contribution is -2.06. The standard InChI is InChI=1S/C72H47N11/c1-73-42-76-68(74-2)53-35-54(69-77-43-75-44-78-69)37-55(36-53)82-64-31-27-49(38-60(64)62-40-51(29-33-65(62)82)58-25-13-21-45-15-9-11-23-56(45)58)50-28-32-66-61(39-50)63-41-52(59-26-14-22-46-16-10-12-24-57(46)59)30-34-67(63)83(66)72-80-70(47-17-5-3-6-18-47)79-71(81-72)48-19-7-4-8-20-48/h3-44H,2H2,1H3. The van der Waals surface area contributed by atoms with Gasteiger partial charge in [0.15, 0.2) is 23.3 Å². The van der Waals surface area contributed by atoms with E-state index in [1.807, 2.05) is 66.7 Å². The van der Waals surface area contributed by atoms with Gasteiger partial charge in [-0.05, 0) is 128 Å². The molecule has 4 aromatic heterocycles. The molecule has 0 aliphatic carbocycles. The first kappa shape index (κ1) is 48.7. The molecule has 0 saturated heterocycles. The topological polar surface area (TPSA) is 124 Å². The minimum atomic E-state index is 0.416. The normalized spacial score (nSPS) is 12.0. The fourth-order valence-corrected chi connectivity index (χ4v) is 11.8. The summed E-state index contributed by atoms with van der Waals surface area (Å²) in [4.78, 5) is 41.9. The second-order valence-electron chi connectivity index (χ2n) is 20.4. The second kappa shape index (κ2) is 20.3. The highest BCUT2D eigenvalue weighted by atomic mass is 15.2. The molecule has 0 bridgehead atoms. The molecule has 4 heterocycles. The largest absolute Gasteiger partial charge is 0.309 e. The van der Waals surface area contributed by atoms with Gasteiger partial charge in [0, 0.05) is 56.5 Å². The van der Waals surface area contributed by atoms with Crippen molar-refractivity contribution in [1.29, 1.82) is 0 Å². The van der Waals surface area contributed by atoms with Gasteiger partial charge in [0.25, 0.3) is 0 Å². The molecule has 0 spiro atoms. The van der Waals surface area contributed by atoms with Crippen LogP contribution in [0, 0.1) is 0 Å². The summed E-state index contributed by atoms with van der Waals surface area (Å²) in [7, 11) is 1.68. The summed E-state index contributed by atoms with van der Waals surface area (Å²) in [6, 6.07) is 83.7. The molecular weight excluding hydrogens is 1020 g/mol. The Labute approximate surface area is 476 Å². The van der Waals surface area contributed by atoms with Crippen LogP contribution < -0.4 is 0 Å². The lowest BCUT2D eigenvalue weighted by Gasteiger charge is -2.13. The van der Waals surface area contributed by atoms with Gasteiger partial charge in [-0.3, -0.25) is 9.56 Å². The molecular formula is C72H47N11. The summed E-state index contributed by atoms with van der Waals surface area (Å²) in [5, 5.41) is 9.05. The quantitative estimate of drug-likeness (QED) is 0.0992. The molecule has 0 aliphatic heterocycles. The van der Waals surface area contributed by atoms with E-state index >= 15 is 0 Å². The first-order valence-corrected chi connectivity index (χ1v) is 27.3. The van der Waals surface area contributed by atoms with E-state index in [1.54, 1.807) is 7.05 Å². The summed E-state index contributed by atoms with van der Waals surface area (Å²) in [5.41, 5.74) is 14.8. The van der Waals surface area contributed by atoms with E-state index in [2.05, 4.69) is 216 Å². The Hall–Kier alpha value is -11.4. The van der Waals surface area contributed by atoms with Crippen LogP contribution in [0.5, 0.6) is 0 Å². The summed E-state index contributed by atoms with van der Waals surface area (Å²) < 4.78 is 4.50. The predicted molar refractivity (Wildman–Crippen MR) is 340 cm³/mol. The van der Waals surface area contributed by atoms with Crippen molar-refractivity contribution in [3.63, 3.8) is 0 Å². The van der Waals surface area contributed by atoms with Crippen LogP contribution in [0.3, 0.4) is 0 Å². The molecule has 15 rings (SSSR count). The summed E-state index contributed by atoms with van der Waals surface area (Å²) in [5.74, 6) is 2.65. The van der Waals surface area contributed by atoms with Crippen molar-refractivity contribution in [2.75, 3.05) is 7.05 Å². The molecule has 11 aromatic carbocycles. The van der Waals surface area contributed by atoms with E-state index < -0.39 is 0 Å². The highest BCUT2D eigenvalue weighted by molar-refractivity contribution is 6.15. The predicted octanol–water partition coefficient (Wildman–Crippen LogP) is 16.7. The minimum Gasteiger partial charge on any atom is -0.309 e. The molecule has 11 nitrogen and oxygen atoms in total. The van der Waals surface area contributed by atoms with Crippen molar-refractivity contribution in [2.24, 2.45) is 15.0 Å². The Morgan fingerprint density at radius 3 is 1.39 bits per heavy atom. The SMILES string of the molecule is C=NC(=NC=NC)c1cc(-c2ncncn2)cc(-n2c3ccc(-c4ccc5c(c4)c4cc(-c6cccc7ccccc67)ccc4n5-c4nc(-c5ccccc5)nc(-c5ccccc5)n4)cc3c3cc(-c4cccc5ccccc45)ccc32)c1. The number of aromatic nitrogens is 8. The lowest BCUT2D eigenvalue weighted by atomic mass is 9.96. The number of amidine groups is 1. The molecule has 83 heavy (non-hydrogen) atoms. The van der Waals surface area contributed by atoms with Crippen molar-refractivity contribution < 1.29 is 0 Å². The van der Waals surface area contributed by atoms with Crippen LogP contribution >= 0.6 is 0 Å². The van der Waals surface area contributed by atoms with Crippen LogP contribution in [-0.2, 0) is 0 Å². The maximum atomic E-state index is 5.27. The van der Waals surface area contributed by atoms with E-state index in [0.29, 0.717) is 29.3 Å². The van der Waals surface area contributed by atoms with Crippen LogP contribution in [0.2, 0.25) is 0 Å². The Kier molecular flexibility index (Phi) is 11.9. The van der Waals surface area contributed by atoms with Gasteiger partial charge in [0.05, 0.1) is 22.1 Å². The van der Waals surface area contributed by atoms with Crippen LogP contribution in [-0.4, -0.2) is 65.0 Å². The third-order valence-corrected chi connectivity index (χ3v) is 15.6. The molecule has 0 radical (unpaired) electrons. The van der Waals surface area contributed by atoms with Gasteiger partial charge in [-0.2, -0.15) is 9.97 Å². The van der Waals surface area contributed by atoms with E-state index in [4.69, 9.17) is 15.0 Å². The van der Waals surface area contributed by atoms with Gasteiger partial charge in [-0.1, -0.05) is 170 Å². The van der Waals surface area contributed by atoms with Crippen molar-refractivity contribution in [3.05, 3.63) is 255 Å². The molecule has 0 fully saturated rings. The highest BCUT2D eigenvalue weighted by Crippen LogP contribution is 2.42. The molecule has 0 saturated carbocycles. The van der Waals surface area contributed by atoms with Crippen LogP contribution in [0.15, 0.2) is 264 Å². The number of hydrogen-bond donors (Lipinski definition) is 0. The van der Waals surface area contributed by atoms with Crippen LogP contribution in [0.4, 0.5) is 0 Å². The molecule has 15 aromatic rings. The van der Waals surface area contributed by atoms with E-state index in [-0.39, 0.29) is 0 Å². The zero-order valence-electron chi connectivity index (χ0n) is 44.9. The molecule has 0 N–H and O–H groups in total. The minimum absolute atomic E-state index is 0.416. The van der Waals surface area contributed by atoms with Gasteiger partial charge >= 0.3 is 0 Å². The number of aliphatic imine (C=N–C) groups is 3. The monoisotopic (exact) mass is 1070 g/mol. The van der Waals surface area contributed by atoms with Gasteiger partial charge in [0.1, 0.15) is 19.0 Å². The Balaban J connectivity index is 0.972. The fraction of sp³-hybridized carbons (Fsp3) is 0.0139. The molecule has 0 amide bonds. The Morgan fingerprint density at radius 1 is 0.398 bits per heavy atom. The number of rotatable bonds is 10. The molecule has 0 unspecified atom stereocenters. The second-order valence-corrected chi connectivity index (χ2v) is 20.4. The van der Waals surface area contributed by atoms with Gasteiger partial charge < -0.3 is 4.57 Å². The molecule has 0 aliphatic rings. The number of nitrogens with zero attached hydrogens (tertiary/aromatic N) is 11.